The van der Waals surface area contributed by atoms with Gasteiger partial charge in [-0.05, 0) is 43.2 Å². The Balaban J connectivity index is 1.77. The number of halogens is 1. The maximum Gasteiger partial charge on any atom is 0.248 e. The normalized spacial score (nSPS) is 22.3. The van der Waals surface area contributed by atoms with Crippen molar-refractivity contribution >= 4 is 40.3 Å². The van der Waals surface area contributed by atoms with Crippen molar-refractivity contribution in [3.63, 3.8) is 0 Å². The Morgan fingerprint density at radius 1 is 1.26 bits per heavy atom. The fourth-order valence-corrected chi connectivity index (χ4v) is 4.31. The van der Waals surface area contributed by atoms with Crippen molar-refractivity contribution in [2.24, 2.45) is 10.7 Å². The zero-order valence-electron chi connectivity index (χ0n) is 15.0. The largest absolute Gasteiger partial charge is 0.366 e. The summed E-state index contributed by atoms with van der Waals surface area (Å²) in [5.74, 6) is -0.0710. The molecule has 27 heavy (non-hydrogen) atoms. The first-order chi connectivity index (χ1) is 12.8. The predicted molar refractivity (Wildman–Crippen MR) is 110 cm³/mol. The van der Waals surface area contributed by atoms with Crippen molar-refractivity contribution in [1.82, 2.24) is 5.32 Å². The highest BCUT2D eigenvalue weighted by Gasteiger charge is 2.40. The van der Waals surface area contributed by atoms with E-state index in [1.165, 1.54) is 11.8 Å². The topological polar surface area (TPSA) is 84.6 Å². The first-order valence-electron chi connectivity index (χ1n) is 8.48. The molecular weight excluding hydrogens is 382 g/mol. The van der Waals surface area contributed by atoms with Crippen molar-refractivity contribution in [2.75, 3.05) is 5.75 Å². The standard InChI is InChI=1S/C20H20ClN3O2S/c1-12(15-5-3-4-6-16(15)21)23-19-24-18(26)20(2,11-27-19)14-9-7-13(8-10-14)17(22)25/h3-10,12H,11H2,1-2H3,(H2,22,25)(H,23,24,26)/t12-,20?/m0/s1. The van der Waals surface area contributed by atoms with Crippen LogP contribution in [0, 0.1) is 0 Å². The first kappa shape index (κ1) is 19.5. The van der Waals surface area contributed by atoms with Crippen LogP contribution >= 0.6 is 23.4 Å². The maximum atomic E-state index is 12.8. The molecule has 0 radical (unpaired) electrons. The summed E-state index contributed by atoms with van der Waals surface area (Å²) in [7, 11) is 0. The molecule has 140 valence electrons. The Kier molecular flexibility index (Phi) is 5.58. The minimum atomic E-state index is -0.715. The number of amides is 2. The number of carbonyl (C=O) groups excluding carboxylic acids is 2. The van der Waals surface area contributed by atoms with Crippen LogP contribution in [-0.2, 0) is 10.2 Å². The summed E-state index contributed by atoms with van der Waals surface area (Å²) < 4.78 is 0. The minimum Gasteiger partial charge on any atom is -0.366 e. The Bertz CT molecular complexity index is 914. The zero-order chi connectivity index (χ0) is 19.6. The molecule has 1 unspecified atom stereocenters. The van der Waals surface area contributed by atoms with Gasteiger partial charge in [0.2, 0.25) is 11.8 Å². The van der Waals surface area contributed by atoms with E-state index in [0.717, 1.165) is 11.1 Å². The third kappa shape index (κ3) is 4.01. The first-order valence-corrected chi connectivity index (χ1v) is 9.84. The van der Waals surface area contributed by atoms with Crippen molar-refractivity contribution in [3.8, 4) is 0 Å². The van der Waals surface area contributed by atoms with Gasteiger partial charge in [0, 0.05) is 16.3 Å². The summed E-state index contributed by atoms with van der Waals surface area (Å²) in [4.78, 5) is 28.7. The third-order valence-electron chi connectivity index (χ3n) is 4.69. The van der Waals surface area contributed by atoms with E-state index in [4.69, 9.17) is 17.3 Å². The summed E-state index contributed by atoms with van der Waals surface area (Å²) in [6.07, 6.45) is 0. The highest BCUT2D eigenvalue weighted by Crippen LogP contribution is 2.34. The molecule has 1 saturated heterocycles. The van der Waals surface area contributed by atoms with Crippen LogP contribution in [0.1, 0.15) is 41.4 Å². The number of carbonyl (C=O) groups is 2. The second-order valence-electron chi connectivity index (χ2n) is 6.65. The molecule has 2 aromatic rings. The summed E-state index contributed by atoms with van der Waals surface area (Å²) in [5.41, 5.74) is 6.73. The van der Waals surface area contributed by atoms with E-state index in [1.807, 2.05) is 38.1 Å². The van der Waals surface area contributed by atoms with Gasteiger partial charge in [-0.2, -0.15) is 0 Å². The van der Waals surface area contributed by atoms with Crippen LogP contribution in [0.5, 0.6) is 0 Å². The van der Waals surface area contributed by atoms with Crippen LogP contribution in [0.2, 0.25) is 5.02 Å². The van der Waals surface area contributed by atoms with Crippen LogP contribution < -0.4 is 11.1 Å². The summed E-state index contributed by atoms with van der Waals surface area (Å²) in [5, 5.41) is 4.14. The number of aliphatic imine (C=N–C) groups is 1. The summed E-state index contributed by atoms with van der Waals surface area (Å²) >= 11 is 7.72. The number of thioether (sulfide) groups is 1. The van der Waals surface area contributed by atoms with Gasteiger partial charge in [-0.15, -0.1) is 0 Å². The van der Waals surface area contributed by atoms with E-state index in [9.17, 15) is 9.59 Å². The number of amidine groups is 1. The molecule has 0 bridgehead atoms. The van der Waals surface area contributed by atoms with E-state index in [2.05, 4.69) is 10.3 Å². The Hall–Kier alpha value is -2.31. The predicted octanol–water partition coefficient (Wildman–Crippen LogP) is 3.68. The molecule has 1 heterocycles. The second kappa shape index (κ2) is 7.74. The van der Waals surface area contributed by atoms with E-state index in [0.29, 0.717) is 21.5 Å². The van der Waals surface area contributed by atoms with Gasteiger partial charge >= 0.3 is 0 Å². The van der Waals surface area contributed by atoms with Crippen molar-refractivity contribution in [1.29, 1.82) is 0 Å². The molecule has 3 rings (SSSR count). The third-order valence-corrected chi connectivity index (χ3v) is 6.24. The lowest BCUT2D eigenvalue weighted by molar-refractivity contribution is -0.124. The fourth-order valence-electron chi connectivity index (χ4n) is 2.90. The summed E-state index contributed by atoms with van der Waals surface area (Å²) in [6.45, 7) is 3.82. The van der Waals surface area contributed by atoms with Crippen LogP contribution in [0.3, 0.4) is 0 Å². The molecule has 2 amide bonds. The van der Waals surface area contributed by atoms with Crippen molar-refractivity contribution in [2.45, 2.75) is 25.3 Å². The second-order valence-corrected chi connectivity index (χ2v) is 8.02. The molecule has 0 spiro atoms. The molecule has 3 N–H and O–H groups in total. The SMILES string of the molecule is C[C@H](N=C1NC(=O)C(C)(c2ccc(C(N)=O)cc2)CS1)c1ccccc1Cl. The van der Waals surface area contributed by atoms with Crippen molar-refractivity contribution in [3.05, 3.63) is 70.2 Å². The lowest BCUT2D eigenvalue weighted by Crippen LogP contribution is -2.50. The number of nitrogens with zero attached hydrogens (tertiary/aromatic N) is 1. The van der Waals surface area contributed by atoms with Crippen LogP contribution in [0.4, 0.5) is 0 Å². The molecule has 0 saturated carbocycles. The molecule has 1 aliphatic heterocycles. The van der Waals surface area contributed by atoms with E-state index < -0.39 is 11.3 Å². The highest BCUT2D eigenvalue weighted by atomic mass is 35.5. The van der Waals surface area contributed by atoms with Gasteiger partial charge in [-0.3, -0.25) is 14.6 Å². The number of rotatable bonds is 4. The lowest BCUT2D eigenvalue weighted by Gasteiger charge is -2.33. The fraction of sp³-hybridized carbons (Fsp3) is 0.250. The monoisotopic (exact) mass is 401 g/mol. The van der Waals surface area contributed by atoms with Crippen LogP contribution in [-0.4, -0.2) is 22.7 Å². The van der Waals surface area contributed by atoms with Crippen LogP contribution in [0.25, 0.3) is 0 Å². The quantitative estimate of drug-likeness (QED) is 0.819. The van der Waals surface area contributed by atoms with Gasteiger partial charge in [-0.1, -0.05) is 53.7 Å². The average Bonchev–Trinajstić information content (AvgIpc) is 2.65. The van der Waals surface area contributed by atoms with E-state index in [-0.39, 0.29) is 11.9 Å². The molecule has 1 aliphatic rings. The molecular formula is C20H20ClN3O2S. The number of hydrogen-bond acceptors (Lipinski definition) is 4. The average molecular weight is 402 g/mol. The Morgan fingerprint density at radius 3 is 2.52 bits per heavy atom. The van der Waals surface area contributed by atoms with Crippen molar-refractivity contribution < 1.29 is 9.59 Å². The van der Waals surface area contributed by atoms with Gasteiger partial charge in [0.25, 0.3) is 0 Å². The number of primary amides is 1. The number of benzene rings is 2. The van der Waals surface area contributed by atoms with Gasteiger partial charge in [0.15, 0.2) is 5.17 Å². The molecule has 0 aromatic heterocycles. The minimum absolute atomic E-state index is 0.127. The number of nitrogens with one attached hydrogen (secondary N) is 1. The van der Waals surface area contributed by atoms with Gasteiger partial charge in [0.1, 0.15) is 0 Å². The molecule has 2 aromatic carbocycles. The molecule has 0 aliphatic carbocycles. The molecule has 2 atom stereocenters. The van der Waals surface area contributed by atoms with Crippen LogP contribution in [0.15, 0.2) is 53.5 Å². The van der Waals surface area contributed by atoms with E-state index in [1.54, 1.807) is 24.3 Å². The maximum absolute atomic E-state index is 12.8. The Labute approximate surface area is 167 Å². The van der Waals surface area contributed by atoms with Gasteiger partial charge < -0.3 is 11.1 Å². The highest BCUT2D eigenvalue weighted by molar-refractivity contribution is 8.14. The van der Waals surface area contributed by atoms with E-state index >= 15 is 0 Å². The van der Waals surface area contributed by atoms with Gasteiger partial charge in [0.05, 0.1) is 11.5 Å². The van der Waals surface area contributed by atoms with Gasteiger partial charge in [-0.25, -0.2) is 0 Å². The smallest absolute Gasteiger partial charge is 0.248 e. The number of nitrogens with two attached hydrogens (primary N) is 1. The lowest BCUT2D eigenvalue weighted by atomic mass is 9.83. The molecule has 1 fully saturated rings. The Morgan fingerprint density at radius 2 is 1.93 bits per heavy atom. The zero-order valence-corrected chi connectivity index (χ0v) is 16.6. The summed E-state index contributed by atoms with van der Waals surface area (Å²) in [6, 6.07) is 14.2. The molecule has 5 nitrogen and oxygen atoms in total. The molecule has 7 heteroatoms. The number of hydrogen-bond donors (Lipinski definition) is 2.